The Hall–Kier alpha value is -4.58. The lowest BCUT2D eigenvalue weighted by atomic mass is 10.0. The van der Waals surface area contributed by atoms with Crippen LogP contribution in [0.25, 0.3) is 79.1 Å². The Kier molecular flexibility index (Phi) is 4.36. The molecule has 0 fully saturated rings. The number of hydrogen-bond acceptors (Lipinski definition) is 4. The molecule has 0 spiro atoms. The molecule has 0 saturated carbocycles. The second-order valence-electron chi connectivity index (χ2n) is 9.83. The summed E-state index contributed by atoms with van der Waals surface area (Å²) in [6.45, 7) is 0. The third-order valence-electron chi connectivity index (χ3n) is 7.75. The summed E-state index contributed by atoms with van der Waals surface area (Å²) in [5.41, 5.74) is 7.15. The first-order valence-corrected chi connectivity index (χ1v) is 14.5. The van der Waals surface area contributed by atoms with Gasteiger partial charge in [-0.3, -0.25) is 0 Å². The van der Waals surface area contributed by atoms with Gasteiger partial charge in [-0.1, -0.05) is 78.9 Å². The summed E-state index contributed by atoms with van der Waals surface area (Å²) in [6.07, 6.45) is 3.64. The van der Waals surface area contributed by atoms with Crippen molar-refractivity contribution in [1.29, 1.82) is 0 Å². The van der Waals surface area contributed by atoms with E-state index in [1.807, 2.05) is 28.9 Å². The first kappa shape index (κ1) is 21.4. The van der Waals surface area contributed by atoms with Crippen LogP contribution in [0.5, 0.6) is 0 Å². The Labute approximate surface area is 231 Å². The van der Waals surface area contributed by atoms with Crippen LogP contribution in [0.2, 0.25) is 0 Å². The number of thiophene rings is 2. The molecular formula is C34H19N3S2. The maximum absolute atomic E-state index is 4.79. The van der Waals surface area contributed by atoms with Crippen molar-refractivity contribution in [2.24, 2.45) is 0 Å². The molecule has 9 rings (SSSR count). The van der Waals surface area contributed by atoms with E-state index in [0.717, 1.165) is 10.2 Å². The Balaban J connectivity index is 1.50. The van der Waals surface area contributed by atoms with Gasteiger partial charge in [-0.05, 0) is 35.4 Å². The molecule has 3 nitrogen and oxygen atoms in total. The number of aromatic nitrogens is 3. The quantitative estimate of drug-likeness (QED) is 0.221. The minimum Gasteiger partial charge on any atom is -0.308 e. The van der Waals surface area contributed by atoms with Gasteiger partial charge in [0.15, 0.2) is 0 Å². The van der Waals surface area contributed by atoms with Gasteiger partial charge in [0.05, 0.1) is 25.9 Å². The standard InChI is InChI=1S/C34H19N3S2/c1-2-8-20(9-3-1)21-14-16-22(17-15-21)37-25-12-6-4-10-23(25)29-32(37)34-28(24-11-5-7-13-26(24)38-34)30-31-27(39-33(29)30)18-35-19-36-31/h1-19H. The van der Waals surface area contributed by atoms with E-state index in [1.165, 1.54) is 68.9 Å². The van der Waals surface area contributed by atoms with Gasteiger partial charge in [0.25, 0.3) is 0 Å². The van der Waals surface area contributed by atoms with Gasteiger partial charge in [0, 0.05) is 48.2 Å². The van der Waals surface area contributed by atoms with E-state index >= 15 is 0 Å². The fraction of sp³-hybridized carbons (Fsp3) is 0. The van der Waals surface area contributed by atoms with Gasteiger partial charge in [-0.15, -0.1) is 22.7 Å². The lowest BCUT2D eigenvalue weighted by Gasteiger charge is -2.10. The largest absolute Gasteiger partial charge is 0.308 e. The monoisotopic (exact) mass is 533 g/mol. The molecule has 0 aliphatic heterocycles. The normalized spacial score (nSPS) is 12.1. The van der Waals surface area contributed by atoms with Crippen LogP contribution in [0, 0.1) is 0 Å². The molecule has 0 aliphatic carbocycles. The van der Waals surface area contributed by atoms with Gasteiger partial charge < -0.3 is 4.57 Å². The van der Waals surface area contributed by atoms with Crippen LogP contribution in [0.3, 0.4) is 0 Å². The Bertz CT molecular complexity index is 2380. The minimum absolute atomic E-state index is 1.05. The van der Waals surface area contributed by atoms with Gasteiger partial charge in [0.1, 0.15) is 6.33 Å². The molecule has 0 bridgehead atoms. The summed E-state index contributed by atoms with van der Waals surface area (Å²) in [4.78, 5) is 9.16. The van der Waals surface area contributed by atoms with Crippen LogP contribution < -0.4 is 0 Å². The number of rotatable bonds is 2. The maximum Gasteiger partial charge on any atom is 0.116 e. The van der Waals surface area contributed by atoms with Crippen molar-refractivity contribution >= 4 is 85.0 Å². The number of para-hydroxylation sites is 1. The van der Waals surface area contributed by atoms with Crippen molar-refractivity contribution in [3.8, 4) is 16.8 Å². The molecule has 5 heteroatoms. The van der Waals surface area contributed by atoms with Crippen LogP contribution in [0.1, 0.15) is 0 Å². The molecule has 39 heavy (non-hydrogen) atoms. The third-order valence-corrected chi connectivity index (χ3v) is 10.1. The average Bonchev–Trinajstić information content (AvgIpc) is 3.67. The number of benzene rings is 5. The summed E-state index contributed by atoms with van der Waals surface area (Å²) in [5, 5.41) is 6.41. The second-order valence-corrected chi connectivity index (χ2v) is 11.9. The highest BCUT2D eigenvalue weighted by atomic mass is 32.1. The zero-order chi connectivity index (χ0) is 25.5. The van der Waals surface area contributed by atoms with Crippen LogP contribution in [-0.2, 0) is 0 Å². The minimum atomic E-state index is 1.05. The van der Waals surface area contributed by atoms with E-state index in [9.17, 15) is 0 Å². The highest BCUT2D eigenvalue weighted by Gasteiger charge is 2.24. The van der Waals surface area contributed by atoms with Crippen molar-refractivity contribution in [2.75, 3.05) is 0 Å². The van der Waals surface area contributed by atoms with Gasteiger partial charge >= 0.3 is 0 Å². The predicted molar refractivity (Wildman–Crippen MR) is 168 cm³/mol. The summed E-state index contributed by atoms with van der Waals surface area (Å²) in [5.74, 6) is 0. The first-order valence-electron chi connectivity index (χ1n) is 12.9. The molecule has 0 N–H and O–H groups in total. The maximum atomic E-state index is 4.79. The average molecular weight is 534 g/mol. The van der Waals surface area contributed by atoms with Crippen LogP contribution in [-0.4, -0.2) is 14.5 Å². The first-order chi connectivity index (χ1) is 19.4. The summed E-state index contributed by atoms with van der Waals surface area (Å²) >= 11 is 3.69. The molecule has 0 saturated heterocycles. The SMILES string of the molecule is c1ccc(-c2ccc(-n3c4ccccc4c4c5sc6cncnc6c5c5c6ccccc6sc5c43)cc2)cc1. The van der Waals surface area contributed by atoms with E-state index in [0.29, 0.717) is 0 Å². The van der Waals surface area contributed by atoms with Crippen molar-refractivity contribution in [2.45, 2.75) is 0 Å². The predicted octanol–water partition coefficient (Wildman–Crippen LogP) is 9.98. The molecule has 0 atom stereocenters. The molecule has 0 amide bonds. The molecule has 5 aromatic carbocycles. The van der Waals surface area contributed by atoms with E-state index in [-0.39, 0.29) is 0 Å². The molecule has 0 unspecified atom stereocenters. The van der Waals surface area contributed by atoms with Gasteiger partial charge in [-0.25, -0.2) is 9.97 Å². The van der Waals surface area contributed by atoms with Crippen molar-refractivity contribution < 1.29 is 0 Å². The van der Waals surface area contributed by atoms with Crippen molar-refractivity contribution in [3.63, 3.8) is 0 Å². The van der Waals surface area contributed by atoms with Crippen LogP contribution in [0.4, 0.5) is 0 Å². The Morgan fingerprint density at radius 3 is 2.15 bits per heavy atom. The molecule has 4 heterocycles. The summed E-state index contributed by atoms with van der Waals surface area (Å²) < 4.78 is 7.48. The van der Waals surface area contributed by atoms with E-state index in [2.05, 4.69) is 113 Å². The van der Waals surface area contributed by atoms with Gasteiger partial charge in [0.2, 0.25) is 0 Å². The zero-order valence-electron chi connectivity index (χ0n) is 20.6. The topological polar surface area (TPSA) is 30.7 Å². The zero-order valence-corrected chi connectivity index (χ0v) is 22.3. The van der Waals surface area contributed by atoms with Crippen LogP contribution >= 0.6 is 22.7 Å². The molecule has 182 valence electrons. The number of hydrogen-bond donors (Lipinski definition) is 0. The van der Waals surface area contributed by atoms with E-state index < -0.39 is 0 Å². The smallest absolute Gasteiger partial charge is 0.116 e. The molecule has 0 aliphatic rings. The van der Waals surface area contributed by atoms with Crippen molar-refractivity contribution in [3.05, 3.63) is 116 Å². The lowest BCUT2D eigenvalue weighted by molar-refractivity contribution is 1.19. The fourth-order valence-electron chi connectivity index (χ4n) is 6.10. The molecular weight excluding hydrogens is 515 g/mol. The number of nitrogens with zero attached hydrogens (tertiary/aromatic N) is 3. The second kappa shape index (κ2) is 7.96. The van der Waals surface area contributed by atoms with Gasteiger partial charge in [-0.2, -0.15) is 0 Å². The van der Waals surface area contributed by atoms with Crippen molar-refractivity contribution in [1.82, 2.24) is 14.5 Å². The highest BCUT2D eigenvalue weighted by Crippen LogP contribution is 2.51. The Morgan fingerprint density at radius 1 is 0.564 bits per heavy atom. The van der Waals surface area contributed by atoms with E-state index in [1.54, 1.807) is 6.33 Å². The number of fused-ring (bicyclic) bond motifs is 12. The summed E-state index contributed by atoms with van der Waals surface area (Å²) in [6, 6.07) is 37.2. The summed E-state index contributed by atoms with van der Waals surface area (Å²) in [7, 11) is 0. The lowest BCUT2D eigenvalue weighted by Crippen LogP contribution is -1.94. The molecule has 0 radical (unpaired) electrons. The highest BCUT2D eigenvalue weighted by molar-refractivity contribution is 7.29. The van der Waals surface area contributed by atoms with E-state index in [4.69, 9.17) is 4.98 Å². The molecule has 9 aromatic rings. The Morgan fingerprint density at radius 2 is 1.28 bits per heavy atom. The third kappa shape index (κ3) is 2.91. The molecule has 4 aromatic heterocycles. The fourth-order valence-corrected chi connectivity index (χ4v) is 8.55. The van der Waals surface area contributed by atoms with Crippen LogP contribution in [0.15, 0.2) is 116 Å².